The van der Waals surface area contributed by atoms with E-state index in [-0.39, 0.29) is 17.4 Å². The highest BCUT2D eigenvalue weighted by Crippen LogP contribution is 2.34. The fourth-order valence-corrected chi connectivity index (χ4v) is 1.87. The van der Waals surface area contributed by atoms with Gasteiger partial charge in [-0.15, -0.1) is 0 Å². The number of benzene rings is 1. The zero-order chi connectivity index (χ0) is 13.0. The molecule has 2 heteroatoms. The van der Waals surface area contributed by atoms with Crippen molar-refractivity contribution in [2.45, 2.75) is 46.5 Å². The van der Waals surface area contributed by atoms with E-state index in [1.54, 1.807) is 19.1 Å². The number of phenolic OH excluding ortho intramolecular Hbond substituents is 2. The highest BCUT2D eigenvalue weighted by molar-refractivity contribution is 5.45. The highest BCUT2D eigenvalue weighted by Gasteiger charge is 2.12. The van der Waals surface area contributed by atoms with Gasteiger partial charge in [0.2, 0.25) is 0 Å². The van der Waals surface area contributed by atoms with Crippen molar-refractivity contribution in [3.63, 3.8) is 0 Å². The molecule has 0 aromatic heterocycles. The first-order chi connectivity index (χ1) is 7.91. The first-order valence-corrected chi connectivity index (χ1v) is 6.07. The summed E-state index contributed by atoms with van der Waals surface area (Å²) >= 11 is 0. The van der Waals surface area contributed by atoms with Gasteiger partial charge in [0.25, 0.3) is 0 Å². The molecule has 0 saturated carbocycles. The molecule has 0 aliphatic carbocycles. The van der Waals surface area contributed by atoms with Gasteiger partial charge in [0.05, 0.1) is 0 Å². The van der Waals surface area contributed by atoms with E-state index in [1.807, 2.05) is 0 Å². The van der Waals surface area contributed by atoms with Crippen LogP contribution < -0.4 is 0 Å². The summed E-state index contributed by atoms with van der Waals surface area (Å²) in [6.45, 7) is 8.02. The average molecular weight is 234 g/mol. The molecule has 17 heavy (non-hydrogen) atoms. The van der Waals surface area contributed by atoms with Crippen LogP contribution >= 0.6 is 0 Å². The lowest BCUT2D eigenvalue weighted by atomic mass is 9.93. The molecular weight excluding hydrogens is 212 g/mol. The molecule has 0 saturated heterocycles. The van der Waals surface area contributed by atoms with Gasteiger partial charge in [-0.25, -0.2) is 0 Å². The molecule has 0 unspecified atom stereocenters. The second kappa shape index (κ2) is 5.76. The molecule has 2 nitrogen and oxygen atoms in total. The number of hydrogen-bond acceptors (Lipinski definition) is 2. The van der Waals surface area contributed by atoms with Gasteiger partial charge in [-0.1, -0.05) is 18.6 Å². The summed E-state index contributed by atoms with van der Waals surface area (Å²) in [4.78, 5) is 0. The molecule has 1 rings (SSSR count). The molecule has 1 atom stereocenters. The number of rotatable bonds is 4. The van der Waals surface area contributed by atoms with Crippen LogP contribution in [0, 0.1) is 6.92 Å². The van der Waals surface area contributed by atoms with Crippen molar-refractivity contribution in [3.05, 3.63) is 34.9 Å². The monoisotopic (exact) mass is 234 g/mol. The second-order valence-electron chi connectivity index (χ2n) is 4.96. The predicted molar refractivity (Wildman–Crippen MR) is 71.6 cm³/mol. The molecular formula is C15H22O2. The van der Waals surface area contributed by atoms with E-state index in [0.717, 1.165) is 18.4 Å². The Morgan fingerprint density at radius 2 is 1.88 bits per heavy atom. The lowest BCUT2D eigenvalue weighted by Gasteiger charge is -2.14. The molecule has 2 N–H and O–H groups in total. The minimum atomic E-state index is 0.247. The number of hydrogen-bond donors (Lipinski definition) is 2. The second-order valence-corrected chi connectivity index (χ2v) is 4.96. The van der Waals surface area contributed by atoms with Crippen LogP contribution in [0.2, 0.25) is 0 Å². The quantitative estimate of drug-likeness (QED) is 0.603. The third-order valence-corrected chi connectivity index (χ3v) is 3.03. The summed E-state index contributed by atoms with van der Waals surface area (Å²) in [5.74, 6) is 0.786. The van der Waals surface area contributed by atoms with Crippen LogP contribution in [0.25, 0.3) is 0 Å². The van der Waals surface area contributed by atoms with E-state index < -0.39 is 0 Å². The molecule has 0 bridgehead atoms. The van der Waals surface area contributed by atoms with Gasteiger partial charge in [-0.2, -0.15) is 0 Å². The molecule has 0 amide bonds. The van der Waals surface area contributed by atoms with Crippen LogP contribution in [0.3, 0.4) is 0 Å². The van der Waals surface area contributed by atoms with Gasteiger partial charge < -0.3 is 10.2 Å². The maximum atomic E-state index is 9.87. The summed E-state index contributed by atoms with van der Waals surface area (Å²) in [6.07, 6.45) is 4.17. The Morgan fingerprint density at radius 1 is 1.24 bits per heavy atom. The van der Waals surface area contributed by atoms with E-state index in [4.69, 9.17) is 0 Å². The van der Waals surface area contributed by atoms with Crippen molar-refractivity contribution in [1.29, 1.82) is 0 Å². The van der Waals surface area contributed by atoms with Gasteiger partial charge in [0.15, 0.2) is 0 Å². The SMILES string of the molecule is CC(C)=CCC[C@H](C)c1cc(O)c(C)cc1O. The number of allylic oxidation sites excluding steroid dienone is 2. The Kier molecular flexibility index (Phi) is 4.62. The van der Waals surface area contributed by atoms with Crippen LogP contribution in [0.5, 0.6) is 11.5 Å². The third kappa shape index (κ3) is 3.81. The summed E-state index contributed by atoms with van der Waals surface area (Å²) < 4.78 is 0. The van der Waals surface area contributed by atoms with Crippen LogP contribution in [0.15, 0.2) is 23.8 Å². The maximum absolute atomic E-state index is 9.87. The van der Waals surface area contributed by atoms with E-state index in [1.165, 1.54) is 5.57 Å². The summed E-state index contributed by atoms with van der Waals surface area (Å²) in [6, 6.07) is 3.31. The van der Waals surface area contributed by atoms with Crippen molar-refractivity contribution in [1.82, 2.24) is 0 Å². The van der Waals surface area contributed by atoms with Crippen LogP contribution in [0.4, 0.5) is 0 Å². The number of aromatic hydroxyl groups is 2. The molecule has 0 aliphatic rings. The lowest BCUT2D eigenvalue weighted by molar-refractivity contribution is 0.445. The number of phenols is 2. The van der Waals surface area contributed by atoms with Gasteiger partial charge in [0.1, 0.15) is 11.5 Å². The standard InChI is InChI=1S/C15H22O2/c1-10(2)6-5-7-11(3)13-9-14(16)12(4)8-15(13)17/h6,8-9,11,16-17H,5,7H2,1-4H3/t11-/m0/s1. The highest BCUT2D eigenvalue weighted by atomic mass is 16.3. The van der Waals surface area contributed by atoms with Crippen molar-refractivity contribution in [2.75, 3.05) is 0 Å². The zero-order valence-corrected chi connectivity index (χ0v) is 11.1. The van der Waals surface area contributed by atoms with Gasteiger partial charge in [-0.3, -0.25) is 0 Å². The Morgan fingerprint density at radius 3 is 2.47 bits per heavy atom. The van der Waals surface area contributed by atoms with Crippen LogP contribution in [0.1, 0.15) is 50.7 Å². The Bertz CT molecular complexity index is 415. The first kappa shape index (κ1) is 13.6. The van der Waals surface area contributed by atoms with Crippen LogP contribution in [-0.4, -0.2) is 10.2 Å². The Labute approximate surface area is 104 Å². The third-order valence-electron chi connectivity index (χ3n) is 3.03. The first-order valence-electron chi connectivity index (χ1n) is 6.07. The molecule has 0 aliphatic heterocycles. The summed E-state index contributed by atoms with van der Waals surface area (Å²) in [5, 5.41) is 19.5. The maximum Gasteiger partial charge on any atom is 0.119 e. The molecule has 0 fully saturated rings. The minimum absolute atomic E-state index is 0.247. The Balaban J connectivity index is 2.78. The molecule has 0 heterocycles. The molecule has 1 aromatic rings. The van der Waals surface area contributed by atoms with E-state index >= 15 is 0 Å². The van der Waals surface area contributed by atoms with E-state index in [9.17, 15) is 10.2 Å². The summed E-state index contributed by atoms with van der Waals surface area (Å²) in [5.41, 5.74) is 2.85. The summed E-state index contributed by atoms with van der Waals surface area (Å²) in [7, 11) is 0. The number of aryl methyl sites for hydroxylation is 1. The van der Waals surface area contributed by atoms with Gasteiger partial charge in [-0.05, 0) is 57.2 Å². The predicted octanol–water partition coefficient (Wildman–Crippen LogP) is 4.26. The van der Waals surface area contributed by atoms with Gasteiger partial charge >= 0.3 is 0 Å². The largest absolute Gasteiger partial charge is 0.508 e. The van der Waals surface area contributed by atoms with Crippen LogP contribution in [-0.2, 0) is 0 Å². The topological polar surface area (TPSA) is 40.5 Å². The normalized spacial score (nSPS) is 12.2. The van der Waals surface area contributed by atoms with Crippen molar-refractivity contribution >= 4 is 0 Å². The zero-order valence-electron chi connectivity index (χ0n) is 11.1. The molecule has 0 radical (unpaired) electrons. The van der Waals surface area contributed by atoms with Gasteiger partial charge in [0, 0.05) is 5.56 Å². The molecule has 0 spiro atoms. The molecule has 94 valence electrons. The smallest absolute Gasteiger partial charge is 0.119 e. The van der Waals surface area contributed by atoms with Crippen molar-refractivity contribution in [2.24, 2.45) is 0 Å². The van der Waals surface area contributed by atoms with E-state index in [2.05, 4.69) is 26.8 Å². The fourth-order valence-electron chi connectivity index (χ4n) is 1.87. The minimum Gasteiger partial charge on any atom is -0.508 e. The Hall–Kier alpha value is -1.44. The van der Waals surface area contributed by atoms with E-state index in [0.29, 0.717) is 5.56 Å². The van der Waals surface area contributed by atoms with Crippen molar-refractivity contribution < 1.29 is 10.2 Å². The average Bonchev–Trinajstić information content (AvgIpc) is 2.22. The lowest BCUT2D eigenvalue weighted by Crippen LogP contribution is -1.94. The molecule has 1 aromatic carbocycles. The van der Waals surface area contributed by atoms with Crippen molar-refractivity contribution in [3.8, 4) is 11.5 Å². The fraction of sp³-hybridized carbons (Fsp3) is 0.467.